The van der Waals surface area contributed by atoms with E-state index in [1.807, 2.05) is 0 Å². The molecule has 0 aromatic carbocycles. The second kappa shape index (κ2) is 5.49. The Bertz CT molecular complexity index is 570. The van der Waals surface area contributed by atoms with Crippen molar-refractivity contribution in [1.29, 1.82) is 0 Å². The third-order valence-corrected chi connectivity index (χ3v) is 10.5. The summed E-state index contributed by atoms with van der Waals surface area (Å²) in [6.07, 6.45) is 15.4. The van der Waals surface area contributed by atoms with Gasteiger partial charge in [-0.3, -0.25) is 4.79 Å². The normalized spacial score (nSPS) is 59.0. The van der Waals surface area contributed by atoms with E-state index in [9.17, 15) is 9.90 Å². The summed E-state index contributed by atoms with van der Waals surface area (Å²) in [5.41, 5.74) is 0. The first-order valence-electron chi connectivity index (χ1n) is 11.4. The second-order valence-corrected chi connectivity index (χ2v) is 10.8. The van der Waals surface area contributed by atoms with E-state index in [-0.39, 0.29) is 5.92 Å². The van der Waals surface area contributed by atoms with Gasteiger partial charge in [-0.25, -0.2) is 0 Å². The maximum atomic E-state index is 12.2. The molecule has 1 N–H and O–H groups in total. The summed E-state index contributed by atoms with van der Waals surface area (Å²) in [6.45, 7) is 0. The quantitative estimate of drug-likeness (QED) is 0.709. The van der Waals surface area contributed by atoms with Crippen LogP contribution >= 0.6 is 0 Å². The van der Waals surface area contributed by atoms with Crippen LogP contribution in [0.4, 0.5) is 0 Å². The van der Waals surface area contributed by atoms with Gasteiger partial charge in [-0.2, -0.15) is 0 Å². The summed E-state index contributed by atoms with van der Waals surface area (Å²) in [4.78, 5) is 12.2. The van der Waals surface area contributed by atoms with E-state index < -0.39 is 5.97 Å². The van der Waals surface area contributed by atoms with E-state index in [0.29, 0.717) is 5.92 Å². The Kier molecular flexibility index (Phi) is 3.41. The van der Waals surface area contributed by atoms with E-state index in [1.54, 1.807) is 0 Å². The van der Waals surface area contributed by atoms with Crippen molar-refractivity contribution in [3.8, 4) is 0 Å². The molecular weight excluding hydrogens is 308 g/mol. The van der Waals surface area contributed by atoms with Gasteiger partial charge < -0.3 is 5.11 Å². The molecule has 6 saturated carbocycles. The average molecular weight is 343 g/mol. The first-order valence-corrected chi connectivity index (χ1v) is 11.4. The highest BCUT2D eigenvalue weighted by atomic mass is 16.4. The van der Waals surface area contributed by atoms with Crippen molar-refractivity contribution in [2.75, 3.05) is 0 Å². The SMILES string of the molecule is O=C(O)C1CC2C3CC4CCCC4C3CCC2C2CC3CCCC3C12. The smallest absolute Gasteiger partial charge is 0.306 e. The summed E-state index contributed by atoms with van der Waals surface area (Å²) >= 11 is 0. The van der Waals surface area contributed by atoms with Gasteiger partial charge in [0.1, 0.15) is 0 Å². The van der Waals surface area contributed by atoms with Gasteiger partial charge in [0.15, 0.2) is 0 Å². The van der Waals surface area contributed by atoms with E-state index >= 15 is 0 Å². The molecule has 138 valence electrons. The highest BCUT2D eigenvalue weighted by Gasteiger charge is 2.61. The molecule has 0 aromatic rings. The van der Waals surface area contributed by atoms with Crippen LogP contribution in [-0.4, -0.2) is 11.1 Å². The predicted molar refractivity (Wildman–Crippen MR) is 96.8 cm³/mol. The molecule has 0 saturated heterocycles. The number of hydrogen-bond donors (Lipinski definition) is 1. The minimum atomic E-state index is -0.443. The molecule has 0 aromatic heterocycles. The van der Waals surface area contributed by atoms with Crippen LogP contribution in [-0.2, 0) is 4.79 Å². The minimum Gasteiger partial charge on any atom is -0.481 e. The van der Waals surface area contributed by atoms with Crippen molar-refractivity contribution in [3.63, 3.8) is 0 Å². The van der Waals surface area contributed by atoms with Crippen LogP contribution in [0.1, 0.15) is 70.6 Å². The van der Waals surface area contributed by atoms with Gasteiger partial charge >= 0.3 is 5.97 Å². The first-order chi connectivity index (χ1) is 12.2. The summed E-state index contributed by atoms with van der Waals surface area (Å²) in [5, 5.41) is 10.1. The fourth-order valence-electron chi connectivity index (χ4n) is 9.94. The fourth-order valence-corrected chi connectivity index (χ4v) is 9.94. The van der Waals surface area contributed by atoms with Gasteiger partial charge in [-0.1, -0.05) is 25.7 Å². The molecule has 6 fully saturated rings. The van der Waals surface area contributed by atoms with Crippen molar-refractivity contribution in [1.82, 2.24) is 0 Å². The minimum absolute atomic E-state index is 0.00135. The Hall–Kier alpha value is -0.530. The molecular formula is C23H34O2. The van der Waals surface area contributed by atoms with Crippen LogP contribution in [0.3, 0.4) is 0 Å². The molecule has 25 heavy (non-hydrogen) atoms. The molecule has 0 amide bonds. The summed E-state index contributed by atoms with van der Waals surface area (Å²) < 4.78 is 0. The van der Waals surface area contributed by atoms with Crippen LogP contribution < -0.4 is 0 Å². The van der Waals surface area contributed by atoms with Gasteiger partial charge in [-0.05, 0) is 104 Å². The number of hydrogen-bond acceptors (Lipinski definition) is 1. The van der Waals surface area contributed by atoms with Crippen molar-refractivity contribution in [2.24, 2.45) is 65.1 Å². The molecule has 0 bridgehead atoms. The zero-order valence-electron chi connectivity index (χ0n) is 15.5. The maximum absolute atomic E-state index is 12.2. The zero-order valence-corrected chi connectivity index (χ0v) is 15.5. The lowest BCUT2D eigenvalue weighted by molar-refractivity contribution is -0.151. The molecule has 6 aliphatic rings. The standard InChI is InChI=1S/C23H34O2/c24-23(25)21-11-19-17(20-10-13-4-2-6-15(13)22(20)21)8-7-16-14-5-1-3-12(14)9-18(16)19/h12-22H,1-11H2,(H,24,25). The third kappa shape index (κ3) is 2.06. The van der Waals surface area contributed by atoms with E-state index in [0.717, 1.165) is 59.7 Å². The molecule has 6 aliphatic carbocycles. The lowest BCUT2D eigenvalue weighted by Gasteiger charge is -2.52. The van der Waals surface area contributed by atoms with Crippen molar-refractivity contribution >= 4 is 5.97 Å². The number of aliphatic carboxylic acids is 1. The molecule has 11 atom stereocenters. The molecule has 0 radical (unpaired) electrons. The molecule has 0 spiro atoms. The van der Waals surface area contributed by atoms with Crippen LogP contribution in [0.15, 0.2) is 0 Å². The summed E-state index contributed by atoms with van der Waals surface area (Å²) in [7, 11) is 0. The Labute approximate surface area is 152 Å². The molecule has 0 heterocycles. The fraction of sp³-hybridized carbons (Fsp3) is 0.957. The van der Waals surface area contributed by atoms with Crippen molar-refractivity contribution in [2.45, 2.75) is 70.6 Å². The molecule has 2 nitrogen and oxygen atoms in total. The lowest BCUT2D eigenvalue weighted by Crippen LogP contribution is -2.48. The maximum Gasteiger partial charge on any atom is 0.306 e. The molecule has 6 rings (SSSR count). The Morgan fingerprint density at radius 1 is 0.600 bits per heavy atom. The highest BCUT2D eigenvalue weighted by Crippen LogP contribution is 2.67. The lowest BCUT2D eigenvalue weighted by atomic mass is 9.53. The number of carbonyl (C=O) groups is 1. The Morgan fingerprint density at radius 3 is 1.96 bits per heavy atom. The monoisotopic (exact) mass is 342 g/mol. The van der Waals surface area contributed by atoms with E-state index in [2.05, 4.69) is 0 Å². The van der Waals surface area contributed by atoms with Crippen molar-refractivity contribution in [3.05, 3.63) is 0 Å². The third-order valence-electron chi connectivity index (χ3n) is 10.5. The molecule has 2 heteroatoms. The number of carboxylic acid groups (broad SMARTS) is 1. The zero-order chi connectivity index (χ0) is 16.7. The highest BCUT2D eigenvalue weighted by molar-refractivity contribution is 5.71. The Morgan fingerprint density at radius 2 is 1.20 bits per heavy atom. The van der Waals surface area contributed by atoms with Crippen LogP contribution in [0, 0.1) is 65.1 Å². The van der Waals surface area contributed by atoms with Gasteiger partial charge in [0.25, 0.3) is 0 Å². The Balaban J connectivity index is 1.33. The van der Waals surface area contributed by atoms with Crippen molar-refractivity contribution < 1.29 is 9.90 Å². The molecule has 11 unspecified atom stereocenters. The van der Waals surface area contributed by atoms with Gasteiger partial charge in [0.05, 0.1) is 5.92 Å². The number of rotatable bonds is 1. The second-order valence-electron chi connectivity index (χ2n) is 10.8. The summed E-state index contributed by atoms with van der Waals surface area (Å²) in [5.74, 6) is 8.10. The van der Waals surface area contributed by atoms with Crippen LogP contribution in [0.2, 0.25) is 0 Å². The topological polar surface area (TPSA) is 37.3 Å². The van der Waals surface area contributed by atoms with Gasteiger partial charge in [0.2, 0.25) is 0 Å². The number of carboxylic acids is 1. The predicted octanol–water partition coefficient (Wildman–Crippen LogP) is 5.22. The number of fused-ring (bicyclic) bond motifs is 9. The van der Waals surface area contributed by atoms with Gasteiger partial charge in [0, 0.05) is 0 Å². The average Bonchev–Trinajstić information content (AvgIpc) is 3.32. The van der Waals surface area contributed by atoms with Crippen LogP contribution in [0.5, 0.6) is 0 Å². The van der Waals surface area contributed by atoms with E-state index in [1.165, 1.54) is 64.2 Å². The summed E-state index contributed by atoms with van der Waals surface area (Å²) in [6, 6.07) is 0. The van der Waals surface area contributed by atoms with E-state index in [4.69, 9.17) is 0 Å². The van der Waals surface area contributed by atoms with Gasteiger partial charge in [-0.15, -0.1) is 0 Å². The largest absolute Gasteiger partial charge is 0.481 e. The molecule has 0 aliphatic heterocycles. The first kappa shape index (κ1) is 15.5. The van der Waals surface area contributed by atoms with Crippen LogP contribution in [0.25, 0.3) is 0 Å².